The molecule has 0 heterocycles. The number of aliphatic carboxylic acids is 1. The summed E-state index contributed by atoms with van der Waals surface area (Å²) in [4.78, 5) is 10.8. The topological polar surface area (TPSA) is 49.3 Å². The maximum Gasteiger partial charge on any atom is 0.320 e. The van der Waals surface area contributed by atoms with E-state index in [1.807, 2.05) is 6.92 Å². The minimum atomic E-state index is -0.821. The van der Waals surface area contributed by atoms with E-state index in [1.165, 1.54) is 22.3 Å². The second kappa shape index (κ2) is 5.32. The van der Waals surface area contributed by atoms with Gasteiger partial charge < -0.3 is 5.11 Å². The summed E-state index contributed by atoms with van der Waals surface area (Å²) in [6.45, 7) is 9.88. The fourth-order valence-electron chi connectivity index (χ4n) is 1.99. The molecule has 0 fully saturated rings. The fourth-order valence-corrected chi connectivity index (χ4v) is 1.99. The zero-order valence-corrected chi connectivity index (χ0v) is 11.2. The molecule has 0 amide bonds. The summed E-state index contributed by atoms with van der Waals surface area (Å²) >= 11 is 0. The van der Waals surface area contributed by atoms with E-state index in [9.17, 15) is 4.79 Å². The Hall–Kier alpha value is -1.35. The highest BCUT2D eigenvalue weighted by Gasteiger charge is 2.16. The van der Waals surface area contributed by atoms with Gasteiger partial charge in [-0.1, -0.05) is 12.1 Å². The van der Waals surface area contributed by atoms with Crippen LogP contribution in [0.3, 0.4) is 0 Å². The van der Waals surface area contributed by atoms with E-state index >= 15 is 0 Å². The third kappa shape index (κ3) is 3.30. The van der Waals surface area contributed by atoms with Crippen molar-refractivity contribution in [1.82, 2.24) is 5.32 Å². The van der Waals surface area contributed by atoms with E-state index in [0.717, 1.165) is 0 Å². The molecule has 0 aliphatic heterocycles. The maximum atomic E-state index is 10.8. The van der Waals surface area contributed by atoms with Gasteiger partial charge in [0.25, 0.3) is 0 Å². The number of hydrogen-bond donors (Lipinski definition) is 2. The molecule has 94 valence electrons. The number of aryl methyl sites for hydroxylation is 3. The van der Waals surface area contributed by atoms with Crippen LogP contribution in [-0.2, 0) is 4.79 Å². The van der Waals surface area contributed by atoms with E-state index in [1.54, 1.807) is 6.92 Å². The number of carbonyl (C=O) groups is 1. The Kier molecular flexibility index (Phi) is 4.29. The van der Waals surface area contributed by atoms with Crippen molar-refractivity contribution in [2.24, 2.45) is 0 Å². The lowest BCUT2D eigenvalue weighted by molar-refractivity contribution is -0.139. The molecule has 1 aromatic rings. The van der Waals surface area contributed by atoms with Gasteiger partial charge in [-0.25, -0.2) is 0 Å². The molecular weight excluding hydrogens is 214 g/mol. The minimum Gasteiger partial charge on any atom is -0.480 e. The smallest absolute Gasteiger partial charge is 0.320 e. The van der Waals surface area contributed by atoms with Crippen molar-refractivity contribution >= 4 is 5.97 Å². The third-order valence-corrected chi connectivity index (χ3v) is 3.22. The first-order valence-electron chi connectivity index (χ1n) is 5.89. The standard InChI is InChI=1S/C14H21NO2/c1-8-6-10(3)13(7-9(8)2)11(4)15-12(5)14(16)17/h6-7,11-12,15H,1-5H3,(H,16,17). The molecule has 0 saturated heterocycles. The highest BCUT2D eigenvalue weighted by Crippen LogP contribution is 2.21. The van der Waals surface area contributed by atoms with Crippen LogP contribution >= 0.6 is 0 Å². The minimum absolute atomic E-state index is 0.0420. The second-order valence-corrected chi connectivity index (χ2v) is 4.74. The van der Waals surface area contributed by atoms with Gasteiger partial charge in [-0.05, 0) is 56.9 Å². The highest BCUT2D eigenvalue weighted by molar-refractivity contribution is 5.72. The van der Waals surface area contributed by atoms with Crippen LogP contribution in [0, 0.1) is 20.8 Å². The van der Waals surface area contributed by atoms with Crippen LogP contribution in [0.2, 0.25) is 0 Å². The summed E-state index contributed by atoms with van der Waals surface area (Å²) < 4.78 is 0. The van der Waals surface area contributed by atoms with Crippen LogP contribution in [0.15, 0.2) is 12.1 Å². The van der Waals surface area contributed by atoms with E-state index in [0.29, 0.717) is 0 Å². The summed E-state index contributed by atoms with van der Waals surface area (Å²) in [5.74, 6) is -0.821. The third-order valence-electron chi connectivity index (χ3n) is 3.22. The van der Waals surface area contributed by atoms with Crippen molar-refractivity contribution in [2.45, 2.75) is 46.7 Å². The van der Waals surface area contributed by atoms with Crippen molar-refractivity contribution in [3.8, 4) is 0 Å². The van der Waals surface area contributed by atoms with Crippen molar-refractivity contribution in [3.05, 3.63) is 34.4 Å². The van der Waals surface area contributed by atoms with E-state index in [2.05, 4.69) is 38.2 Å². The van der Waals surface area contributed by atoms with Crippen molar-refractivity contribution < 1.29 is 9.90 Å². The Morgan fingerprint density at radius 1 is 1.12 bits per heavy atom. The molecule has 0 bridgehead atoms. The lowest BCUT2D eigenvalue weighted by Crippen LogP contribution is -2.35. The number of benzene rings is 1. The van der Waals surface area contributed by atoms with Gasteiger partial charge in [0.15, 0.2) is 0 Å². The number of nitrogens with one attached hydrogen (secondary N) is 1. The Balaban J connectivity index is 2.92. The monoisotopic (exact) mass is 235 g/mol. The molecule has 3 nitrogen and oxygen atoms in total. The van der Waals surface area contributed by atoms with Gasteiger partial charge >= 0.3 is 5.97 Å². The zero-order valence-electron chi connectivity index (χ0n) is 11.2. The van der Waals surface area contributed by atoms with E-state index < -0.39 is 12.0 Å². The molecule has 2 unspecified atom stereocenters. The van der Waals surface area contributed by atoms with Crippen LogP contribution in [0.1, 0.15) is 42.1 Å². The van der Waals surface area contributed by atoms with Gasteiger partial charge in [-0.3, -0.25) is 10.1 Å². The zero-order chi connectivity index (χ0) is 13.2. The molecule has 1 aromatic carbocycles. The molecule has 2 atom stereocenters. The molecule has 0 aliphatic rings. The summed E-state index contributed by atoms with van der Waals surface area (Å²) in [5, 5.41) is 12.0. The first-order chi connectivity index (χ1) is 7.82. The second-order valence-electron chi connectivity index (χ2n) is 4.74. The predicted molar refractivity (Wildman–Crippen MR) is 69.3 cm³/mol. The normalized spacial score (nSPS) is 14.4. The van der Waals surface area contributed by atoms with Gasteiger partial charge in [0, 0.05) is 6.04 Å². The number of hydrogen-bond acceptors (Lipinski definition) is 2. The van der Waals surface area contributed by atoms with Crippen molar-refractivity contribution in [2.75, 3.05) is 0 Å². The van der Waals surface area contributed by atoms with E-state index in [-0.39, 0.29) is 6.04 Å². The van der Waals surface area contributed by atoms with Crippen LogP contribution in [-0.4, -0.2) is 17.1 Å². The maximum absolute atomic E-state index is 10.8. The Morgan fingerprint density at radius 3 is 2.18 bits per heavy atom. The molecule has 0 saturated carbocycles. The first-order valence-corrected chi connectivity index (χ1v) is 5.89. The van der Waals surface area contributed by atoms with E-state index in [4.69, 9.17) is 5.11 Å². The summed E-state index contributed by atoms with van der Waals surface area (Å²) in [7, 11) is 0. The molecular formula is C14H21NO2. The Labute approximate surface area is 103 Å². The highest BCUT2D eigenvalue weighted by atomic mass is 16.4. The SMILES string of the molecule is Cc1cc(C)c(C(C)NC(C)C(=O)O)cc1C. The molecule has 0 aromatic heterocycles. The average Bonchev–Trinajstić information content (AvgIpc) is 2.22. The Bertz CT molecular complexity index is 426. The van der Waals surface area contributed by atoms with Crippen LogP contribution in [0.5, 0.6) is 0 Å². The quantitative estimate of drug-likeness (QED) is 0.843. The molecule has 0 radical (unpaired) electrons. The summed E-state index contributed by atoms with van der Waals surface area (Å²) in [6, 6.07) is 3.79. The molecule has 2 N–H and O–H groups in total. The van der Waals surface area contributed by atoms with Gasteiger partial charge in [-0.15, -0.1) is 0 Å². The molecule has 0 aliphatic carbocycles. The van der Waals surface area contributed by atoms with Crippen molar-refractivity contribution in [3.63, 3.8) is 0 Å². The lowest BCUT2D eigenvalue weighted by atomic mass is 9.96. The molecule has 17 heavy (non-hydrogen) atoms. The van der Waals surface area contributed by atoms with Gasteiger partial charge in [-0.2, -0.15) is 0 Å². The first kappa shape index (κ1) is 13.7. The van der Waals surface area contributed by atoms with Gasteiger partial charge in [0.1, 0.15) is 6.04 Å². The van der Waals surface area contributed by atoms with Crippen molar-refractivity contribution in [1.29, 1.82) is 0 Å². The molecule has 1 rings (SSSR count). The van der Waals surface area contributed by atoms with Gasteiger partial charge in [0.05, 0.1) is 0 Å². The number of carboxylic acids is 1. The summed E-state index contributed by atoms with van der Waals surface area (Å²) in [6.07, 6.45) is 0. The van der Waals surface area contributed by atoms with Crippen LogP contribution < -0.4 is 5.32 Å². The largest absolute Gasteiger partial charge is 0.480 e. The number of rotatable bonds is 4. The Morgan fingerprint density at radius 2 is 1.65 bits per heavy atom. The molecule has 0 spiro atoms. The predicted octanol–water partition coefficient (Wildman–Crippen LogP) is 2.74. The number of carboxylic acid groups (broad SMARTS) is 1. The summed E-state index contributed by atoms with van der Waals surface area (Å²) in [5.41, 5.74) is 4.87. The van der Waals surface area contributed by atoms with Crippen LogP contribution in [0.4, 0.5) is 0 Å². The lowest BCUT2D eigenvalue weighted by Gasteiger charge is -2.20. The molecule has 3 heteroatoms. The van der Waals surface area contributed by atoms with Crippen LogP contribution in [0.25, 0.3) is 0 Å². The average molecular weight is 235 g/mol. The fraction of sp³-hybridized carbons (Fsp3) is 0.500. The van der Waals surface area contributed by atoms with Gasteiger partial charge in [0.2, 0.25) is 0 Å².